The van der Waals surface area contributed by atoms with Gasteiger partial charge in [0.25, 0.3) is 0 Å². The molecule has 0 aromatic carbocycles. The van der Waals surface area contributed by atoms with E-state index in [1.54, 1.807) is 0 Å². The molecule has 108 valence electrons. The van der Waals surface area contributed by atoms with Crippen LogP contribution >= 0.6 is 11.3 Å². The normalized spacial score (nSPS) is 24.6. The first-order valence-electron chi connectivity index (χ1n) is 7.75. The van der Waals surface area contributed by atoms with Crippen LogP contribution in [0, 0.1) is 11.8 Å². The fourth-order valence-corrected chi connectivity index (χ4v) is 4.06. The third kappa shape index (κ3) is 4.61. The molecule has 1 heterocycles. The molecule has 1 aliphatic rings. The van der Waals surface area contributed by atoms with Crippen LogP contribution in [0.3, 0.4) is 0 Å². The molecule has 0 amide bonds. The van der Waals surface area contributed by atoms with E-state index in [0.29, 0.717) is 5.41 Å². The van der Waals surface area contributed by atoms with E-state index < -0.39 is 0 Å². The van der Waals surface area contributed by atoms with Crippen LogP contribution in [0.5, 0.6) is 0 Å². The second-order valence-corrected chi connectivity index (χ2v) is 8.45. The van der Waals surface area contributed by atoms with Crippen molar-refractivity contribution in [2.75, 3.05) is 6.54 Å². The lowest BCUT2D eigenvalue weighted by Gasteiger charge is -2.26. The van der Waals surface area contributed by atoms with E-state index in [1.165, 1.54) is 42.0 Å². The molecule has 0 saturated heterocycles. The van der Waals surface area contributed by atoms with Gasteiger partial charge < -0.3 is 5.32 Å². The Morgan fingerprint density at radius 1 is 1.26 bits per heavy atom. The highest BCUT2D eigenvalue weighted by atomic mass is 32.1. The van der Waals surface area contributed by atoms with E-state index >= 15 is 0 Å². The molecule has 2 rings (SSSR count). The van der Waals surface area contributed by atoms with E-state index in [0.717, 1.165) is 18.4 Å². The van der Waals surface area contributed by atoms with Crippen LogP contribution in [0.4, 0.5) is 0 Å². The molecular formula is C17H29NS. The number of thiophene rings is 1. The van der Waals surface area contributed by atoms with Gasteiger partial charge in [0, 0.05) is 16.3 Å². The molecule has 0 spiro atoms. The molecule has 19 heavy (non-hydrogen) atoms. The van der Waals surface area contributed by atoms with Gasteiger partial charge >= 0.3 is 0 Å². The van der Waals surface area contributed by atoms with Crippen LogP contribution in [0.15, 0.2) is 12.1 Å². The number of rotatable bonds is 4. The Morgan fingerprint density at radius 2 is 2.05 bits per heavy atom. The van der Waals surface area contributed by atoms with Gasteiger partial charge in [-0.05, 0) is 48.8 Å². The first kappa shape index (κ1) is 15.1. The molecule has 2 unspecified atom stereocenters. The predicted octanol–water partition coefficient (Wildman–Crippen LogP) is 4.96. The number of nitrogens with one attached hydrogen (secondary N) is 1. The van der Waals surface area contributed by atoms with Crippen LogP contribution in [-0.4, -0.2) is 6.54 Å². The lowest BCUT2D eigenvalue weighted by molar-refractivity contribution is 0.274. The lowest BCUT2D eigenvalue weighted by Crippen LogP contribution is -2.26. The van der Waals surface area contributed by atoms with Gasteiger partial charge in [0.15, 0.2) is 0 Å². The van der Waals surface area contributed by atoms with Crippen molar-refractivity contribution >= 4 is 11.3 Å². The van der Waals surface area contributed by atoms with Gasteiger partial charge in [0.2, 0.25) is 0 Å². The Hall–Kier alpha value is -0.340. The van der Waals surface area contributed by atoms with E-state index in [1.807, 2.05) is 11.3 Å². The molecule has 2 heteroatoms. The van der Waals surface area contributed by atoms with Crippen LogP contribution in [0.1, 0.15) is 63.1 Å². The molecular weight excluding hydrogens is 250 g/mol. The summed E-state index contributed by atoms with van der Waals surface area (Å²) in [5, 5.41) is 3.67. The van der Waals surface area contributed by atoms with Gasteiger partial charge in [-0.15, -0.1) is 11.3 Å². The fourth-order valence-electron chi connectivity index (χ4n) is 3.02. The number of hydrogen-bond acceptors (Lipinski definition) is 2. The summed E-state index contributed by atoms with van der Waals surface area (Å²) in [6, 6.07) is 4.59. The van der Waals surface area contributed by atoms with Crippen molar-refractivity contribution in [2.45, 2.75) is 65.3 Å². The summed E-state index contributed by atoms with van der Waals surface area (Å²) < 4.78 is 0. The Morgan fingerprint density at radius 3 is 2.68 bits per heavy atom. The zero-order valence-corrected chi connectivity index (χ0v) is 13.8. The van der Waals surface area contributed by atoms with Crippen molar-refractivity contribution in [3.05, 3.63) is 21.9 Å². The standard InChI is InChI=1S/C17H29NS/c1-13-6-5-7-14(10-13)11-18-12-15-8-9-16(19-15)17(2,3)4/h8-9,13-14,18H,5-7,10-12H2,1-4H3. The van der Waals surface area contributed by atoms with Crippen molar-refractivity contribution in [3.8, 4) is 0 Å². The minimum Gasteiger partial charge on any atom is -0.312 e. The van der Waals surface area contributed by atoms with E-state index in [-0.39, 0.29) is 0 Å². The molecule has 0 radical (unpaired) electrons. The minimum absolute atomic E-state index is 0.293. The van der Waals surface area contributed by atoms with Gasteiger partial charge in [0.1, 0.15) is 0 Å². The van der Waals surface area contributed by atoms with Crippen molar-refractivity contribution in [1.82, 2.24) is 5.32 Å². The molecule has 1 fully saturated rings. The van der Waals surface area contributed by atoms with Gasteiger partial charge in [0.05, 0.1) is 0 Å². The fraction of sp³-hybridized carbons (Fsp3) is 0.765. The van der Waals surface area contributed by atoms with Crippen molar-refractivity contribution in [3.63, 3.8) is 0 Å². The third-order valence-corrected chi connectivity index (χ3v) is 5.69. The van der Waals surface area contributed by atoms with Crippen LogP contribution in [-0.2, 0) is 12.0 Å². The Labute approximate surface area is 122 Å². The lowest BCUT2D eigenvalue weighted by atomic mass is 9.82. The summed E-state index contributed by atoms with van der Waals surface area (Å²) in [4.78, 5) is 2.98. The van der Waals surface area contributed by atoms with E-state index in [2.05, 4.69) is 45.1 Å². The monoisotopic (exact) mass is 279 g/mol. The zero-order chi connectivity index (χ0) is 13.9. The average molecular weight is 279 g/mol. The Kier molecular flexibility index (Phi) is 5.08. The maximum absolute atomic E-state index is 3.67. The van der Waals surface area contributed by atoms with Gasteiger partial charge in [-0.3, -0.25) is 0 Å². The molecule has 1 aliphatic carbocycles. The predicted molar refractivity (Wildman–Crippen MR) is 85.8 cm³/mol. The summed E-state index contributed by atoms with van der Waals surface area (Å²) in [6.45, 7) is 11.5. The topological polar surface area (TPSA) is 12.0 Å². The summed E-state index contributed by atoms with van der Waals surface area (Å²) in [7, 11) is 0. The second-order valence-electron chi connectivity index (χ2n) is 7.28. The molecule has 1 nitrogen and oxygen atoms in total. The highest BCUT2D eigenvalue weighted by molar-refractivity contribution is 7.12. The van der Waals surface area contributed by atoms with Crippen LogP contribution < -0.4 is 5.32 Å². The van der Waals surface area contributed by atoms with Gasteiger partial charge in [-0.25, -0.2) is 0 Å². The second kappa shape index (κ2) is 6.41. The van der Waals surface area contributed by atoms with Crippen LogP contribution in [0.2, 0.25) is 0 Å². The summed E-state index contributed by atoms with van der Waals surface area (Å²) in [5.74, 6) is 1.85. The molecule has 2 atom stereocenters. The van der Waals surface area contributed by atoms with E-state index in [4.69, 9.17) is 0 Å². The maximum atomic E-state index is 3.67. The third-order valence-electron chi connectivity index (χ3n) is 4.18. The first-order chi connectivity index (χ1) is 8.95. The molecule has 1 N–H and O–H groups in total. The van der Waals surface area contributed by atoms with Crippen molar-refractivity contribution in [2.24, 2.45) is 11.8 Å². The van der Waals surface area contributed by atoms with E-state index in [9.17, 15) is 0 Å². The summed E-state index contributed by atoms with van der Waals surface area (Å²) >= 11 is 1.96. The SMILES string of the molecule is CC1CCCC(CNCc2ccc(C(C)(C)C)s2)C1. The van der Waals surface area contributed by atoms with Gasteiger partial charge in [-0.2, -0.15) is 0 Å². The molecule has 1 aromatic rings. The largest absolute Gasteiger partial charge is 0.312 e. The summed E-state index contributed by atoms with van der Waals surface area (Å²) in [6.07, 6.45) is 5.72. The average Bonchev–Trinajstić information content (AvgIpc) is 2.77. The molecule has 0 aliphatic heterocycles. The molecule has 1 aromatic heterocycles. The smallest absolute Gasteiger partial charge is 0.0299 e. The van der Waals surface area contributed by atoms with Gasteiger partial charge in [-0.1, -0.05) is 40.5 Å². The highest BCUT2D eigenvalue weighted by Crippen LogP contribution is 2.30. The Balaban J connectivity index is 1.75. The first-order valence-corrected chi connectivity index (χ1v) is 8.56. The van der Waals surface area contributed by atoms with Crippen molar-refractivity contribution < 1.29 is 0 Å². The van der Waals surface area contributed by atoms with Crippen LogP contribution in [0.25, 0.3) is 0 Å². The quantitative estimate of drug-likeness (QED) is 0.821. The van der Waals surface area contributed by atoms with Crippen molar-refractivity contribution in [1.29, 1.82) is 0 Å². The number of hydrogen-bond donors (Lipinski definition) is 1. The molecule has 1 saturated carbocycles. The highest BCUT2D eigenvalue weighted by Gasteiger charge is 2.19. The zero-order valence-electron chi connectivity index (χ0n) is 13.0. The maximum Gasteiger partial charge on any atom is 0.0299 e. The minimum atomic E-state index is 0.293. The summed E-state index contributed by atoms with van der Waals surface area (Å²) in [5.41, 5.74) is 0.293. The molecule has 0 bridgehead atoms. The Bertz CT molecular complexity index is 388.